The molecule has 22 heavy (non-hydrogen) atoms. The van der Waals surface area contributed by atoms with E-state index in [1.807, 2.05) is 0 Å². The molecule has 0 spiro atoms. The van der Waals surface area contributed by atoms with Gasteiger partial charge in [0.15, 0.2) is 0 Å². The van der Waals surface area contributed by atoms with Crippen LogP contribution in [0.5, 0.6) is 0 Å². The molecule has 0 saturated heterocycles. The van der Waals surface area contributed by atoms with E-state index in [0.29, 0.717) is 0 Å². The molecule has 0 aromatic heterocycles. The summed E-state index contributed by atoms with van der Waals surface area (Å²) in [4.78, 5) is 0. The summed E-state index contributed by atoms with van der Waals surface area (Å²) in [6.07, 6.45) is 21.9. The number of halogens is 1. The van der Waals surface area contributed by atoms with Crippen LogP contribution in [0.2, 0.25) is 0 Å². The van der Waals surface area contributed by atoms with Crippen LogP contribution in [-0.2, 0) is 0 Å². The molecule has 0 saturated carbocycles. The molecule has 0 heterocycles. The number of hydrogen-bond donors (Lipinski definition) is 0. The Morgan fingerprint density at radius 2 is 0.818 bits per heavy atom. The summed E-state index contributed by atoms with van der Waals surface area (Å²) < 4.78 is 0. The first kappa shape index (κ1) is 22.7. The minimum absolute atomic E-state index is 1.28. The Morgan fingerprint density at radius 1 is 0.455 bits per heavy atom. The number of hydrogen-bond acceptors (Lipinski definition) is 0. The van der Waals surface area contributed by atoms with Gasteiger partial charge in [-0.15, -0.1) is 0 Å². The second-order valence-electron chi connectivity index (χ2n) is 7.54. The van der Waals surface area contributed by atoms with Crippen LogP contribution in [0.25, 0.3) is 0 Å². The molecule has 0 aliphatic rings. The third-order valence-corrected chi connectivity index (χ3v) is 13.2. The van der Waals surface area contributed by atoms with E-state index in [0.717, 1.165) is 0 Å². The van der Waals surface area contributed by atoms with Crippen molar-refractivity contribution in [2.45, 2.75) is 105 Å². The van der Waals surface area contributed by atoms with Crippen molar-refractivity contribution >= 4 is 17.2 Å². The maximum atomic E-state index is 7.55. The fourth-order valence-corrected chi connectivity index (χ4v) is 11.3. The first-order valence-corrected chi connectivity index (χ1v) is 14.1. The van der Waals surface area contributed by atoms with Gasteiger partial charge in [-0.25, -0.2) is 0 Å². The van der Waals surface area contributed by atoms with Crippen molar-refractivity contribution in [2.24, 2.45) is 0 Å². The molecule has 0 nitrogen and oxygen atoms in total. The van der Waals surface area contributed by atoms with Gasteiger partial charge < -0.3 is 0 Å². The van der Waals surface area contributed by atoms with Crippen LogP contribution in [-0.4, -0.2) is 24.6 Å². The molecule has 0 amide bonds. The number of unbranched alkanes of at least 4 members (excludes halogenated alkanes) is 8. The molecule has 0 unspecified atom stereocenters. The van der Waals surface area contributed by atoms with Crippen LogP contribution in [0.15, 0.2) is 0 Å². The molecule has 0 bridgehead atoms. The van der Waals surface area contributed by atoms with Gasteiger partial charge >= 0.3 is 147 Å². The molecule has 2 heteroatoms. The molecular weight excluding hydrogens is 307 g/mol. The standard InChI is InChI=1S/C20H44ClP/c1-5-9-11-13-15-19-22(21,17-7-3,18-8-4)20-16-14-12-10-6-2/h5-20H2,1-4H3. The number of rotatable bonds is 16. The van der Waals surface area contributed by atoms with Gasteiger partial charge in [0.05, 0.1) is 0 Å². The monoisotopic (exact) mass is 350 g/mol. The van der Waals surface area contributed by atoms with E-state index in [2.05, 4.69) is 27.7 Å². The van der Waals surface area contributed by atoms with E-state index < -0.39 is 5.96 Å². The van der Waals surface area contributed by atoms with Crippen LogP contribution in [0.1, 0.15) is 105 Å². The summed E-state index contributed by atoms with van der Waals surface area (Å²) in [7, 11) is 0. The van der Waals surface area contributed by atoms with Crippen LogP contribution in [0.3, 0.4) is 0 Å². The molecule has 0 fully saturated rings. The Bertz CT molecular complexity index is 228. The predicted octanol–water partition coefficient (Wildman–Crippen LogP) is 8.45. The second kappa shape index (κ2) is 13.1. The zero-order valence-corrected chi connectivity index (χ0v) is 17.8. The average Bonchev–Trinajstić information content (AvgIpc) is 2.48. The van der Waals surface area contributed by atoms with Gasteiger partial charge in [0, 0.05) is 0 Å². The van der Waals surface area contributed by atoms with Crippen molar-refractivity contribution in [1.29, 1.82) is 0 Å². The van der Waals surface area contributed by atoms with Crippen molar-refractivity contribution < 1.29 is 0 Å². The Balaban J connectivity index is 4.50. The van der Waals surface area contributed by atoms with Gasteiger partial charge in [0.2, 0.25) is 0 Å². The fourth-order valence-electron chi connectivity index (χ4n) is 4.01. The molecule has 0 radical (unpaired) electrons. The fraction of sp³-hybridized carbons (Fsp3) is 1.00. The van der Waals surface area contributed by atoms with Gasteiger partial charge in [-0.1, -0.05) is 0 Å². The van der Waals surface area contributed by atoms with Gasteiger partial charge in [-0.05, 0) is 0 Å². The summed E-state index contributed by atoms with van der Waals surface area (Å²) >= 11 is 7.55. The van der Waals surface area contributed by atoms with Crippen molar-refractivity contribution in [2.75, 3.05) is 24.6 Å². The minimum atomic E-state index is -1.93. The molecule has 0 N–H and O–H groups in total. The van der Waals surface area contributed by atoms with Gasteiger partial charge in [-0.3, -0.25) is 0 Å². The van der Waals surface area contributed by atoms with Crippen molar-refractivity contribution in [3.05, 3.63) is 0 Å². The quantitative estimate of drug-likeness (QED) is 0.193. The first-order valence-electron chi connectivity index (χ1n) is 10.3. The Hall–Kier alpha value is 0.720. The SMILES string of the molecule is CCCCCCCP(Cl)(CCC)(CCC)CCCCCCC. The van der Waals surface area contributed by atoms with E-state index in [9.17, 15) is 0 Å². The van der Waals surface area contributed by atoms with Crippen LogP contribution < -0.4 is 0 Å². The van der Waals surface area contributed by atoms with E-state index in [1.165, 1.54) is 102 Å². The summed E-state index contributed by atoms with van der Waals surface area (Å²) in [5.41, 5.74) is 0. The Morgan fingerprint density at radius 3 is 1.14 bits per heavy atom. The van der Waals surface area contributed by atoms with Crippen LogP contribution >= 0.6 is 17.2 Å². The van der Waals surface area contributed by atoms with Gasteiger partial charge in [-0.2, -0.15) is 0 Å². The Labute approximate surface area is 146 Å². The molecule has 0 atom stereocenters. The summed E-state index contributed by atoms with van der Waals surface area (Å²) in [6, 6.07) is 0. The molecule has 136 valence electrons. The van der Waals surface area contributed by atoms with Gasteiger partial charge in [0.25, 0.3) is 0 Å². The van der Waals surface area contributed by atoms with Crippen LogP contribution in [0, 0.1) is 0 Å². The summed E-state index contributed by atoms with van der Waals surface area (Å²) in [6.45, 7) is 9.28. The molecular formula is C20H44ClP. The summed E-state index contributed by atoms with van der Waals surface area (Å²) in [5, 5.41) is 0. The van der Waals surface area contributed by atoms with Crippen LogP contribution in [0.4, 0.5) is 0 Å². The van der Waals surface area contributed by atoms with Crippen molar-refractivity contribution in [1.82, 2.24) is 0 Å². The summed E-state index contributed by atoms with van der Waals surface area (Å²) in [5.74, 6) is -1.93. The molecule has 0 aromatic carbocycles. The third kappa shape index (κ3) is 9.77. The maximum absolute atomic E-state index is 7.55. The average molecular weight is 351 g/mol. The first-order chi connectivity index (χ1) is 10.5. The van der Waals surface area contributed by atoms with E-state index in [1.54, 1.807) is 0 Å². The topological polar surface area (TPSA) is 0 Å². The molecule has 0 aliphatic heterocycles. The van der Waals surface area contributed by atoms with E-state index in [-0.39, 0.29) is 0 Å². The van der Waals surface area contributed by atoms with Crippen molar-refractivity contribution in [3.63, 3.8) is 0 Å². The zero-order valence-electron chi connectivity index (χ0n) is 16.1. The van der Waals surface area contributed by atoms with E-state index >= 15 is 0 Å². The third-order valence-electron chi connectivity index (χ3n) is 5.21. The predicted molar refractivity (Wildman–Crippen MR) is 110 cm³/mol. The van der Waals surface area contributed by atoms with E-state index in [4.69, 9.17) is 11.2 Å². The Kier molecular flexibility index (Phi) is 13.5. The van der Waals surface area contributed by atoms with Gasteiger partial charge in [0.1, 0.15) is 0 Å². The second-order valence-corrected chi connectivity index (χ2v) is 15.8. The molecule has 0 aliphatic carbocycles. The van der Waals surface area contributed by atoms with Crippen molar-refractivity contribution in [3.8, 4) is 0 Å². The molecule has 0 rings (SSSR count). The zero-order chi connectivity index (χ0) is 16.8. The molecule has 0 aromatic rings. The normalized spacial score (nSPS) is 14.0.